The molecule has 1 N–H and O–H groups in total. The Kier molecular flexibility index (Phi) is 5.86. The summed E-state index contributed by atoms with van der Waals surface area (Å²) in [4.78, 5) is 23.0. The lowest BCUT2D eigenvalue weighted by Gasteiger charge is -2.20. The highest BCUT2D eigenvalue weighted by molar-refractivity contribution is 6.01. The van der Waals surface area contributed by atoms with Crippen molar-refractivity contribution >= 4 is 23.4 Å². The van der Waals surface area contributed by atoms with Gasteiger partial charge < -0.3 is 9.73 Å². The van der Waals surface area contributed by atoms with E-state index in [0.717, 1.165) is 31.2 Å². The quantitative estimate of drug-likeness (QED) is 0.302. The molecule has 1 heterocycles. The van der Waals surface area contributed by atoms with Crippen LogP contribution in [0.5, 0.6) is 0 Å². The lowest BCUT2D eigenvalue weighted by Crippen LogP contribution is -2.19. The van der Waals surface area contributed by atoms with Crippen molar-refractivity contribution in [1.82, 2.24) is 0 Å². The van der Waals surface area contributed by atoms with Crippen molar-refractivity contribution in [3.8, 4) is 17.4 Å². The van der Waals surface area contributed by atoms with E-state index in [9.17, 15) is 20.2 Å². The van der Waals surface area contributed by atoms with Crippen molar-refractivity contribution in [3.05, 3.63) is 88.2 Å². The van der Waals surface area contributed by atoms with Crippen LogP contribution in [0.4, 0.5) is 11.4 Å². The van der Waals surface area contributed by atoms with Crippen molar-refractivity contribution < 1.29 is 14.1 Å². The minimum atomic E-state index is -0.461. The molecule has 1 aliphatic rings. The first-order valence-electron chi connectivity index (χ1n) is 10.4. The molecule has 0 unspecified atom stereocenters. The van der Waals surface area contributed by atoms with Crippen molar-refractivity contribution in [3.63, 3.8) is 0 Å². The van der Waals surface area contributed by atoms with E-state index in [4.69, 9.17) is 4.42 Å². The molecule has 32 heavy (non-hydrogen) atoms. The molecular formula is C25H21N3O4. The molecular weight excluding hydrogens is 406 g/mol. The summed E-state index contributed by atoms with van der Waals surface area (Å²) < 4.78 is 5.66. The van der Waals surface area contributed by atoms with Crippen LogP contribution in [0.25, 0.3) is 17.4 Å². The topological polar surface area (TPSA) is 109 Å². The molecule has 160 valence electrons. The Hall–Kier alpha value is -4.18. The number of nitrogens with zero attached hydrogens (tertiary/aromatic N) is 2. The second kappa shape index (κ2) is 8.90. The lowest BCUT2D eigenvalue weighted by molar-refractivity contribution is -0.384. The van der Waals surface area contributed by atoms with Gasteiger partial charge in [-0.2, -0.15) is 5.26 Å². The highest BCUT2D eigenvalue weighted by atomic mass is 16.6. The fraction of sp³-hybridized carbons (Fsp3) is 0.200. The van der Waals surface area contributed by atoms with Gasteiger partial charge in [-0.3, -0.25) is 14.9 Å². The van der Waals surface area contributed by atoms with Crippen molar-refractivity contribution in [1.29, 1.82) is 5.26 Å². The predicted octanol–water partition coefficient (Wildman–Crippen LogP) is 5.84. The van der Waals surface area contributed by atoms with Gasteiger partial charge in [-0.1, -0.05) is 37.1 Å². The molecule has 7 nitrogen and oxygen atoms in total. The molecule has 7 heteroatoms. The molecule has 0 saturated heterocycles. The number of nitro groups is 1. The monoisotopic (exact) mass is 427 g/mol. The molecule has 1 saturated carbocycles. The number of hydrogen-bond donors (Lipinski definition) is 1. The summed E-state index contributed by atoms with van der Waals surface area (Å²) in [6.45, 7) is 0. The molecule has 1 aliphatic carbocycles. The number of furan rings is 1. The normalized spacial score (nSPS) is 14.8. The van der Waals surface area contributed by atoms with E-state index in [1.807, 2.05) is 12.1 Å². The number of nitriles is 1. The summed E-state index contributed by atoms with van der Waals surface area (Å²) in [6, 6.07) is 19.5. The maximum Gasteiger partial charge on any atom is 0.280 e. The second-order valence-corrected chi connectivity index (χ2v) is 7.78. The van der Waals surface area contributed by atoms with Crippen LogP contribution in [-0.2, 0) is 10.2 Å². The van der Waals surface area contributed by atoms with Gasteiger partial charge in [0.2, 0.25) is 5.91 Å². The number of carbonyl (C=O) groups is 1. The molecule has 0 radical (unpaired) electrons. The molecule has 1 fully saturated rings. The maximum absolute atomic E-state index is 12.3. The third-order valence-electron chi connectivity index (χ3n) is 5.77. The van der Waals surface area contributed by atoms with Gasteiger partial charge in [0.1, 0.15) is 11.5 Å². The Morgan fingerprint density at radius 3 is 2.50 bits per heavy atom. The smallest absolute Gasteiger partial charge is 0.280 e. The number of nitro benzene ring substituents is 1. The summed E-state index contributed by atoms with van der Waals surface area (Å²) in [6.07, 6.45) is 6.70. The molecule has 1 amide bonds. The van der Waals surface area contributed by atoms with Gasteiger partial charge in [0.25, 0.3) is 5.69 Å². The third kappa shape index (κ3) is 4.30. The summed E-state index contributed by atoms with van der Waals surface area (Å²) in [5.74, 6) is 0.421. The van der Waals surface area contributed by atoms with Gasteiger partial charge >= 0.3 is 0 Å². The first-order valence-corrected chi connectivity index (χ1v) is 10.4. The van der Waals surface area contributed by atoms with Gasteiger partial charge in [0, 0.05) is 17.8 Å². The number of anilines is 1. The summed E-state index contributed by atoms with van der Waals surface area (Å²) in [7, 11) is 0. The molecule has 1 aromatic heterocycles. The predicted molar refractivity (Wildman–Crippen MR) is 121 cm³/mol. The van der Waals surface area contributed by atoms with Crippen molar-refractivity contribution in [2.24, 2.45) is 0 Å². The zero-order valence-corrected chi connectivity index (χ0v) is 17.3. The van der Waals surface area contributed by atoms with Crippen LogP contribution in [0.1, 0.15) is 37.0 Å². The number of para-hydroxylation sites is 1. The van der Waals surface area contributed by atoms with Crippen LogP contribution in [-0.4, -0.2) is 10.8 Å². The number of amides is 1. The minimum Gasteiger partial charge on any atom is -0.456 e. The zero-order chi connectivity index (χ0) is 22.6. The Labute approximate surface area is 185 Å². The molecule has 0 atom stereocenters. The Bertz CT molecular complexity index is 1210. The maximum atomic E-state index is 12.3. The van der Waals surface area contributed by atoms with E-state index in [2.05, 4.69) is 11.4 Å². The third-order valence-corrected chi connectivity index (χ3v) is 5.77. The number of hydrogen-bond acceptors (Lipinski definition) is 5. The minimum absolute atomic E-state index is 0.0469. The van der Waals surface area contributed by atoms with Crippen LogP contribution in [0.15, 0.2) is 71.2 Å². The molecule has 3 aromatic rings. The highest BCUT2D eigenvalue weighted by Crippen LogP contribution is 2.40. The average Bonchev–Trinajstić information content (AvgIpc) is 3.49. The van der Waals surface area contributed by atoms with Crippen LogP contribution in [0.2, 0.25) is 0 Å². The van der Waals surface area contributed by atoms with E-state index in [1.54, 1.807) is 42.5 Å². The first-order chi connectivity index (χ1) is 15.5. The Balaban J connectivity index is 1.42. The van der Waals surface area contributed by atoms with E-state index >= 15 is 0 Å². The van der Waals surface area contributed by atoms with Crippen LogP contribution < -0.4 is 5.32 Å². The van der Waals surface area contributed by atoms with Crippen LogP contribution in [0, 0.1) is 21.4 Å². The number of nitrogens with one attached hydrogen (secondary N) is 1. The lowest BCUT2D eigenvalue weighted by atomic mass is 9.80. The van der Waals surface area contributed by atoms with Gasteiger partial charge in [-0.25, -0.2) is 0 Å². The summed E-state index contributed by atoms with van der Waals surface area (Å²) in [5.41, 5.74) is 1.54. The Morgan fingerprint density at radius 2 is 1.81 bits per heavy atom. The Morgan fingerprint density at radius 1 is 1.09 bits per heavy atom. The van der Waals surface area contributed by atoms with Crippen LogP contribution in [0.3, 0.4) is 0 Å². The molecule has 2 aromatic carbocycles. The van der Waals surface area contributed by atoms with E-state index < -0.39 is 10.3 Å². The number of benzene rings is 2. The van der Waals surface area contributed by atoms with E-state index in [0.29, 0.717) is 22.8 Å². The summed E-state index contributed by atoms with van der Waals surface area (Å²) >= 11 is 0. The van der Waals surface area contributed by atoms with Crippen LogP contribution >= 0.6 is 0 Å². The molecule has 0 bridgehead atoms. The highest BCUT2D eigenvalue weighted by Gasteiger charge is 2.35. The largest absolute Gasteiger partial charge is 0.456 e. The van der Waals surface area contributed by atoms with E-state index in [1.165, 1.54) is 18.2 Å². The van der Waals surface area contributed by atoms with Gasteiger partial charge in [-0.05, 0) is 54.8 Å². The van der Waals surface area contributed by atoms with E-state index in [-0.39, 0.29) is 11.6 Å². The van der Waals surface area contributed by atoms with Gasteiger partial charge in [0.05, 0.1) is 22.0 Å². The fourth-order valence-electron chi connectivity index (χ4n) is 4.09. The second-order valence-electron chi connectivity index (χ2n) is 7.78. The fourth-order valence-corrected chi connectivity index (χ4v) is 4.09. The van der Waals surface area contributed by atoms with Gasteiger partial charge in [0.15, 0.2) is 0 Å². The average molecular weight is 427 g/mol. The molecule has 0 aliphatic heterocycles. The number of rotatable bonds is 6. The molecule has 4 rings (SSSR count). The summed E-state index contributed by atoms with van der Waals surface area (Å²) in [5, 5.41) is 23.6. The standard InChI is InChI=1S/C25H21N3O4/c26-17-25(15-3-4-16-25)18-7-9-19(10-8-18)27-24(29)14-12-20-11-13-23(32-20)21-5-1-2-6-22(21)28(30)31/h1-2,5-14H,3-4,15-16H2,(H,27,29)/b14-12+. The van der Waals surface area contributed by atoms with Crippen molar-refractivity contribution in [2.75, 3.05) is 5.32 Å². The van der Waals surface area contributed by atoms with Gasteiger partial charge in [-0.15, -0.1) is 0 Å². The SMILES string of the molecule is N#CC1(c2ccc(NC(=O)/C=C/c3ccc(-c4ccccc4[N+](=O)[O-])o3)cc2)CCCC1. The zero-order valence-electron chi connectivity index (χ0n) is 17.3. The number of carbonyl (C=O) groups excluding carboxylic acids is 1. The first kappa shape index (κ1) is 21.1. The van der Waals surface area contributed by atoms with Crippen molar-refractivity contribution in [2.45, 2.75) is 31.1 Å². The molecule has 0 spiro atoms.